The van der Waals surface area contributed by atoms with Gasteiger partial charge < -0.3 is 5.32 Å². The molecular weight excluding hydrogens is 550 g/mol. The summed E-state index contributed by atoms with van der Waals surface area (Å²) < 4.78 is 56.7. The average Bonchev–Trinajstić information content (AvgIpc) is 2.85. The summed E-state index contributed by atoms with van der Waals surface area (Å²) in [5, 5.41) is 2.67. The first-order valence-corrected chi connectivity index (χ1v) is 15.2. The second-order valence-corrected chi connectivity index (χ2v) is 12.8. The van der Waals surface area contributed by atoms with Gasteiger partial charge in [-0.15, -0.1) is 0 Å². The van der Waals surface area contributed by atoms with Crippen molar-refractivity contribution < 1.29 is 21.6 Å². The SMILES string of the molecule is Cc1cc(C)nc(NS(=O)(=O)c2ccc(NC(=O)c3ccc(C)c(S(=O)(=O)Nc4ccc(C)c(C)c4)c3)cc2)n1. The number of hydrogen-bond acceptors (Lipinski definition) is 7. The van der Waals surface area contributed by atoms with Crippen molar-refractivity contribution in [2.45, 2.75) is 44.4 Å². The summed E-state index contributed by atoms with van der Waals surface area (Å²) in [5.74, 6) is -0.591. The first-order valence-electron chi connectivity index (χ1n) is 12.2. The van der Waals surface area contributed by atoms with Crippen molar-refractivity contribution in [2.75, 3.05) is 14.8 Å². The molecule has 4 aromatic rings. The molecule has 0 saturated carbocycles. The normalized spacial score (nSPS) is 11.6. The zero-order valence-electron chi connectivity index (χ0n) is 22.6. The lowest BCUT2D eigenvalue weighted by Crippen LogP contribution is -2.17. The number of nitrogens with zero attached hydrogens (tertiary/aromatic N) is 2. The molecule has 0 aliphatic rings. The average molecular weight is 580 g/mol. The highest BCUT2D eigenvalue weighted by Gasteiger charge is 2.21. The van der Waals surface area contributed by atoms with E-state index in [0.717, 1.165) is 11.1 Å². The van der Waals surface area contributed by atoms with Crippen LogP contribution in [0.15, 0.2) is 76.5 Å². The molecule has 0 aliphatic carbocycles. The maximum atomic E-state index is 13.1. The van der Waals surface area contributed by atoms with Crippen LogP contribution in [0, 0.1) is 34.6 Å². The number of nitrogens with one attached hydrogen (secondary N) is 3. The van der Waals surface area contributed by atoms with E-state index in [1.54, 1.807) is 45.0 Å². The standard InChI is InChI=1S/C28H29N5O5S2/c1-17-7-9-24(14-19(17)3)32-40(37,38)26-16-22(8-6-18(26)2)27(34)31-23-10-12-25(13-11-23)39(35,36)33-28-29-20(4)15-21(5)30-28/h6-16,32H,1-5H3,(H,31,34)(H,29,30,33). The Labute approximate surface area is 234 Å². The number of aryl methyl sites for hydroxylation is 5. The van der Waals surface area contributed by atoms with Crippen molar-refractivity contribution >= 4 is 43.3 Å². The van der Waals surface area contributed by atoms with Gasteiger partial charge in [0.1, 0.15) is 0 Å². The Kier molecular flexibility index (Phi) is 7.94. The number of benzene rings is 3. The molecule has 10 nitrogen and oxygen atoms in total. The highest BCUT2D eigenvalue weighted by molar-refractivity contribution is 7.93. The van der Waals surface area contributed by atoms with Crippen LogP contribution in [0.5, 0.6) is 0 Å². The van der Waals surface area contributed by atoms with Crippen molar-refractivity contribution in [1.82, 2.24) is 9.97 Å². The quantitative estimate of drug-likeness (QED) is 0.270. The van der Waals surface area contributed by atoms with Crippen LogP contribution in [0.2, 0.25) is 0 Å². The van der Waals surface area contributed by atoms with E-state index in [1.165, 1.54) is 36.4 Å². The van der Waals surface area contributed by atoms with Gasteiger partial charge in [0.05, 0.1) is 9.79 Å². The zero-order chi connectivity index (χ0) is 29.2. The highest BCUT2D eigenvalue weighted by atomic mass is 32.2. The Morgan fingerprint density at radius 2 is 1.23 bits per heavy atom. The molecule has 0 bridgehead atoms. The summed E-state index contributed by atoms with van der Waals surface area (Å²) in [5.41, 5.74) is 4.57. The summed E-state index contributed by atoms with van der Waals surface area (Å²) in [7, 11) is -7.93. The first kappa shape index (κ1) is 28.7. The molecular formula is C28H29N5O5S2. The molecule has 4 rings (SSSR count). The zero-order valence-corrected chi connectivity index (χ0v) is 24.2. The number of rotatable bonds is 8. The molecule has 1 aromatic heterocycles. The predicted molar refractivity (Wildman–Crippen MR) is 155 cm³/mol. The van der Waals surface area contributed by atoms with Crippen LogP contribution < -0.4 is 14.8 Å². The van der Waals surface area contributed by atoms with Gasteiger partial charge in [-0.1, -0.05) is 12.1 Å². The minimum absolute atomic E-state index is 0.0282. The smallest absolute Gasteiger partial charge is 0.264 e. The van der Waals surface area contributed by atoms with Crippen LogP contribution in [0.4, 0.5) is 17.3 Å². The van der Waals surface area contributed by atoms with Gasteiger partial charge in [-0.05, 0) is 106 Å². The number of anilines is 3. The number of amides is 1. The lowest BCUT2D eigenvalue weighted by atomic mass is 10.1. The summed E-state index contributed by atoms with van der Waals surface area (Å²) >= 11 is 0. The topological polar surface area (TPSA) is 147 Å². The van der Waals surface area contributed by atoms with E-state index in [1.807, 2.05) is 19.9 Å². The molecule has 0 radical (unpaired) electrons. The molecule has 3 aromatic carbocycles. The second-order valence-electron chi connectivity index (χ2n) is 9.44. The molecule has 0 fully saturated rings. The van der Waals surface area contributed by atoms with Gasteiger partial charge in [0.15, 0.2) is 0 Å². The minimum Gasteiger partial charge on any atom is -0.322 e. The third kappa shape index (κ3) is 6.64. The fourth-order valence-electron chi connectivity index (χ4n) is 3.92. The number of aromatic nitrogens is 2. The summed E-state index contributed by atoms with van der Waals surface area (Å²) in [4.78, 5) is 21.1. The van der Waals surface area contributed by atoms with Crippen molar-refractivity contribution in [1.29, 1.82) is 0 Å². The van der Waals surface area contributed by atoms with Gasteiger partial charge in [0.2, 0.25) is 5.95 Å². The van der Waals surface area contributed by atoms with E-state index in [2.05, 4.69) is 24.7 Å². The number of sulfonamides is 2. The van der Waals surface area contributed by atoms with E-state index in [9.17, 15) is 21.6 Å². The van der Waals surface area contributed by atoms with Gasteiger partial charge in [0, 0.05) is 28.3 Å². The molecule has 1 amide bonds. The fraction of sp³-hybridized carbons (Fsp3) is 0.179. The van der Waals surface area contributed by atoms with Crippen molar-refractivity contribution in [3.05, 3.63) is 100 Å². The number of carbonyl (C=O) groups excluding carboxylic acids is 1. The Balaban J connectivity index is 1.50. The molecule has 0 aliphatic heterocycles. The Morgan fingerprint density at radius 1 is 0.625 bits per heavy atom. The molecule has 3 N–H and O–H groups in total. The molecule has 0 atom stereocenters. The lowest BCUT2D eigenvalue weighted by Gasteiger charge is -2.13. The molecule has 1 heterocycles. The molecule has 12 heteroatoms. The van der Waals surface area contributed by atoms with Gasteiger partial charge in [-0.25, -0.2) is 31.5 Å². The molecule has 0 saturated heterocycles. The lowest BCUT2D eigenvalue weighted by molar-refractivity contribution is 0.102. The summed E-state index contributed by atoms with van der Waals surface area (Å²) in [6.45, 7) is 8.94. The van der Waals surface area contributed by atoms with Crippen LogP contribution >= 0.6 is 0 Å². The molecule has 0 spiro atoms. The van der Waals surface area contributed by atoms with Crippen LogP contribution in [0.25, 0.3) is 0 Å². The van der Waals surface area contributed by atoms with Crippen molar-refractivity contribution in [2.24, 2.45) is 0 Å². The van der Waals surface area contributed by atoms with Gasteiger partial charge in [0.25, 0.3) is 26.0 Å². The van der Waals surface area contributed by atoms with Crippen molar-refractivity contribution in [3.8, 4) is 0 Å². The second kappa shape index (κ2) is 11.1. The maximum Gasteiger partial charge on any atom is 0.264 e. The van der Waals surface area contributed by atoms with Crippen LogP contribution in [-0.2, 0) is 20.0 Å². The van der Waals surface area contributed by atoms with Crippen LogP contribution in [0.3, 0.4) is 0 Å². The van der Waals surface area contributed by atoms with E-state index >= 15 is 0 Å². The molecule has 40 heavy (non-hydrogen) atoms. The Hall–Kier alpha value is -4.29. The number of hydrogen-bond donors (Lipinski definition) is 3. The maximum absolute atomic E-state index is 13.1. The van der Waals surface area contributed by atoms with E-state index in [0.29, 0.717) is 28.3 Å². The summed E-state index contributed by atoms with van der Waals surface area (Å²) in [6.07, 6.45) is 0. The third-order valence-corrected chi connectivity index (χ3v) is 9.00. The fourth-order valence-corrected chi connectivity index (χ4v) is 6.18. The van der Waals surface area contributed by atoms with E-state index in [4.69, 9.17) is 0 Å². The van der Waals surface area contributed by atoms with Gasteiger partial charge in [-0.2, -0.15) is 0 Å². The molecule has 0 unspecified atom stereocenters. The van der Waals surface area contributed by atoms with Gasteiger partial charge in [-0.3, -0.25) is 9.52 Å². The van der Waals surface area contributed by atoms with Crippen LogP contribution in [-0.4, -0.2) is 32.7 Å². The van der Waals surface area contributed by atoms with Gasteiger partial charge >= 0.3 is 0 Å². The Bertz CT molecular complexity index is 1800. The third-order valence-electron chi connectivity index (χ3n) is 6.13. The largest absolute Gasteiger partial charge is 0.322 e. The first-order chi connectivity index (χ1) is 18.7. The van der Waals surface area contributed by atoms with E-state index < -0.39 is 26.0 Å². The monoisotopic (exact) mass is 579 g/mol. The predicted octanol–water partition coefficient (Wildman–Crippen LogP) is 4.87. The Morgan fingerprint density at radius 3 is 1.85 bits per heavy atom. The number of carbonyl (C=O) groups is 1. The highest BCUT2D eigenvalue weighted by Crippen LogP contribution is 2.23. The minimum atomic E-state index is -3.97. The van der Waals surface area contributed by atoms with Crippen LogP contribution in [0.1, 0.15) is 38.4 Å². The molecule has 208 valence electrons. The summed E-state index contributed by atoms with van der Waals surface area (Å²) in [6, 6.07) is 16.9. The van der Waals surface area contributed by atoms with Crippen molar-refractivity contribution in [3.63, 3.8) is 0 Å². The van der Waals surface area contributed by atoms with E-state index in [-0.39, 0.29) is 21.3 Å².